The number of aromatic amines is 1. The lowest BCUT2D eigenvalue weighted by atomic mass is 10.4. The lowest BCUT2D eigenvalue weighted by molar-refractivity contribution is -0.485. The summed E-state index contributed by atoms with van der Waals surface area (Å²) < 4.78 is 0. The molecule has 0 aliphatic carbocycles. The summed E-state index contributed by atoms with van der Waals surface area (Å²) in [6.45, 7) is 2.49. The Morgan fingerprint density at radius 3 is 3.18 bits per heavy atom. The van der Waals surface area contributed by atoms with Gasteiger partial charge in [0.2, 0.25) is 0 Å². The molecule has 9 heteroatoms. The summed E-state index contributed by atoms with van der Waals surface area (Å²) in [5, 5.41) is 14.7. The fraction of sp³-hybridized carbons (Fsp3) is 0.500. The molecular weight excluding hydrogens is 244 g/mol. The number of nitrogens with zero attached hydrogens (tertiary/aromatic N) is 3. The minimum Gasteiger partial charge on any atom is -0.365 e. The van der Waals surface area contributed by atoms with Crippen molar-refractivity contribution < 1.29 is 5.03 Å². The molecule has 0 aliphatic rings. The average Bonchev–Trinajstić information content (AvgIpc) is 2.63. The first-order chi connectivity index (χ1) is 8.09. The standard InChI is InChI=1S/C8H14N6O2S/c1-6-7(12-5-11-6)4-17-3-2-10-8(9)13-14(15)16/h5H,2-4H2,1H3,(H,11,12)(H3,9,10,13). The minimum atomic E-state index is -0.831. The zero-order valence-electron chi connectivity index (χ0n) is 9.34. The van der Waals surface area contributed by atoms with E-state index in [1.165, 1.54) is 0 Å². The number of hydrogen-bond acceptors (Lipinski definition) is 4. The van der Waals surface area contributed by atoms with E-state index in [0.717, 1.165) is 22.9 Å². The number of rotatable bonds is 6. The van der Waals surface area contributed by atoms with Gasteiger partial charge in [0.05, 0.1) is 12.0 Å². The van der Waals surface area contributed by atoms with Crippen molar-refractivity contribution in [2.75, 3.05) is 12.3 Å². The molecule has 0 unspecified atom stereocenters. The van der Waals surface area contributed by atoms with Crippen molar-refractivity contribution in [3.05, 3.63) is 27.8 Å². The second-order valence-corrected chi connectivity index (χ2v) is 4.28. The average molecular weight is 258 g/mol. The quantitative estimate of drug-likeness (QED) is 0.218. The lowest BCUT2D eigenvalue weighted by Crippen LogP contribution is -2.34. The maximum atomic E-state index is 9.97. The fourth-order valence-corrected chi connectivity index (χ4v) is 1.95. The summed E-state index contributed by atoms with van der Waals surface area (Å²) in [6, 6.07) is 0. The van der Waals surface area contributed by atoms with Crippen molar-refractivity contribution >= 4 is 17.7 Å². The first-order valence-electron chi connectivity index (χ1n) is 4.88. The maximum absolute atomic E-state index is 9.97. The number of H-pyrrole nitrogens is 1. The van der Waals surface area contributed by atoms with Crippen LogP contribution in [0.5, 0.6) is 0 Å². The van der Waals surface area contributed by atoms with E-state index in [0.29, 0.717) is 6.54 Å². The summed E-state index contributed by atoms with van der Waals surface area (Å²) in [5.41, 5.74) is 7.32. The van der Waals surface area contributed by atoms with Gasteiger partial charge in [-0.25, -0.2) is 15.1 Å². The summed E-state index contributed by atoms with van der Waals surface area (Å²) >= 11 is 1.66. The molecule has 1 rings (SSSR count). The number of aromatic nitrogens is 2. The summed E-state index contributed by atoms with van der Waals surface area (Å²) in [4.78, 5) is 17.1. The maximum Gasteiger partial charge on any atom is 0.266 e. The van der Waals surface area contributed by atoms with Gasteiger partial charge in [0.1, 0.15) is 5.10 Å². The number of hydrogen-bond donors (Lipinski definition) is 3. The van der Waals surface area contributed by atoms with Crippen LogP contribution in [0.25, 0.3) is 0 Å². The first-order valence-corrected chi connectivity index (χ1v) is 6.04. The Morgan fingerprint density at radius 1 is 1.82 bits per heavy atom. The van der Waals surface area contributed by atoms with Crippen molar-refractivity contribution in [1.29, 1.82) is 0 Å². The predicted molar refractivity (Wildman–Crippen MR) is 66.1 cm³/mol. The number of guanidine groups is 1. The van der Waals surface area contributed by atoms with Crippen LogP contribution in [0.1, 0.15) is 11.4 Å². The Kier molecular flexibility index (Phi) is 5.27. The van der Waals surface area contributed by atoms with Gasteiger partial charge in [-0.2, -0.15) is 11.8 Å². The van der Waals surface area contributed by atoms with E-state index in [2.05, 4.69) is 20.4 Å². The molecule has 94 valence electrons. The molecule has 0 aromatic carbocycles. The molecule has 1 aromatic rings. The molecule has 0 saturated heterocycles. The van der Waals surface area contributed by atoms with Crippen molar-refractivity contribution in [2.24, 2.45) is 10.8 Å². The molecule has 0 aliphatic heterocycles. The molecule has 0 spiro atoms. The first kappa shape index (κ1) is 13.3. The number of nitro groups is 1. The van der Waals surface area contributed by atoms with Gasteiger partial charge in [0, 0.05) is 23.7 Å². The Labute approximate surface area is 102 Å². The summed E-state index contributed by atoms with van der Waals surface area (Å²) in [7, 11) is 0. The normalized spacial score (nSPS) is 11.5. The third kappa shape index (κ3) is 5.20. The van der Waals surface area contributed by atoms with Gasteiger partial charge in [0.25, 0.3) is 5.96 Å². The zero-order valence-corrected chi connectivity index (χ0v) is 10.2. The number of hydrazone groups is 1. The largest absolute Gasteiger partial charge is 0.365 e. The van der Waals surface area contributed by atoms with Gasteiger partial charge in [-0.3, -0.25) is 0 Å². The van der Waals surface area contributed by atoms with Gasteiger partial charge in [-0.15, -0.1) is 0 Å². The number of nitrogens with one attached hydrogen (secondary N) is 2. The van der Waals surface area contributed by atoms with Gasteiger partial charge < -0.3 is 16.0 Å². The van der Waals surface area contributed by atoms with E-state index < -0.39 is 5.03 Å². The van der Waals surface area contributed by atoms with Gasteiger partial charge in [-0.1, -0.05) is 0 Å². The molecule has 4 N–H and O–H groups in total. The molecular formula is C8H14N6O2S. The topological polar surface area (TPSA) is 122 Å². The molecule has 0 amide bonds. The van der Waals surface area contributed by atoms with Crippen molar-refractivity contribution in [2.45, 2.75) is 12.7 Å². The second-order valence-electron chi connectivity index (χ2n) is 3.18. The molecule has 1 heterocycles. The number of aryl methyl sites for hydroxylation is 1. The smallest absolute Gasteiger partial charge is 0.266 e. The summed E-state index contributed by atoms with van der Waals surface area (Å²) in [6.07, 6.45) is 1.66. The van der Waals surface area contributed by atoms with E-state index in [1.54, 1.807) is 18.1 Å². The fourth-order valence-electron chi connectivity index (χ4n) is 1.08. The molecule has 8 nitrogen and oxygen atoms in total. The molecule has 17 heavy (non-hydrogen) atoms. The van der Waals surface area contributed by atoms with Crippen molar-refractivity contribution in [1.82, 2.24) is 15.3 Å². The van der Waals surface area contributed by atoms with Crippen LogP contribution in [0, 0.1) is 17.0 Å². The van der Waals surface area contributed by atoms with E-state index in [1.807, 2.05) is 6.92 Å². The van der Waals surface area contributed by atoms with Crippen LogP contribution in [0.4, 0.5) is 0 Å². The predicted octanol–water partition coefficient (Wildman–Crippen LogP) is 0.0473. The highest BCUT2D eigenvalue weighted by Crippen LogP contribution is 2.11. The Balaban J connectivity index is 2.13. The molecule has 0 atom stereocenters. The minimum absolute atomic E-state index is 0.174. The highest BCUT2D eigenvalue weighted by atomic mass is 32.2. The van der Waals surface area contributed by atoms with Crippen LogP contribution in [-0.2, 0) is 5.75 Å². The molecule has 1 aromatic heterocycles. The number of imidazole rings is 1. The van der Waals surface area contributed by atoms with Crippen LogP contribution >= 0.6 is 11.8 Å². The molecule has 0 radical (unpaired) electrons. The van der Waals surface area contributed by atoms with E-state index >= 15 is 0 Å². The highest BCUT2D eigenvalue weighted by molar-refractivity contribution is 7.98. The molecule has 0 saturated carbocycles. The van der Waals surface area contributed by atoms with Gasteiger partial charge >= 0.3 is 0 Å². The van der Waals surface area contributed by atoms with Crippen LogP contribution in [0.3, 0.4) is 0 Å². The summed E-state index contributed by atoms with van der Waals surface area (Å²) in [5.74, 6) is 1.38. The van der Waals surface area contributed by atoms with E-state index in [9.17, 15) is 10.1 Å². The van der Waals surface area contributed by atoms with E-state index in [4.69, 9.17) is 5.73 Å². The van der Waals surface area contributed by atoms with Crippen LogP contribution < -0.4 is 11.1 Å². The zero-order chi connectivity index (χ0) is 12.7. The van der Waals surface area contributed by atoms with Gasteiger partial charge in [-0.05, 0) is 6.92 Å². The van der Waals surface area contributed by atoms with Crippen molar-refractivity contribution in [3.63, 3.8) is 0 Å². The monoisotopic (exact) mass is 258 g/mol. The van der Waals surface area contributed by atoms with E-state index in [-0.39, 0.29) is 5.96 Å². The lowest BCUT2D eigenvalue weighted by Gasteiger charge is -2.02. The van der Waals surface area contributed by atoms with Crippen LogP contribution in [0.2, 0.25) is 0 Å². The highest BCUT2D eigenvalue weighted by Gasteiger charge is 2.01. The Bertz CT molecular complexity index is 404. The number of thioether (sulfide) groups is 1. The van der Waals surface area contributed by atoms with Crippen LogP contribution in [-0.4, -0.2) is 33.3 Å². The van der Waals surface area contributed by atoms with Crippen LogP contribution in [0.15, 0.2) is 11.4 Å². The SMILES string of the molecule is Cc1[nH]cnc1CSCCNC(N)=N[N+](=O)[O-]. The molecule has 0 fully saturated rings. The van der Waals surface area contributed by atoms with Gasteiger partial charge in [0.15, 0.2) is 5.03 Å². The van der Waals surface area contributed by atoms with Crippen molar-refractivity contribution in [3.8, 4) is 0 Å². The molecule has 0 bridgehead atoms. The second kappa shape index (κ2) is 6.74. The Hall–Kier alpha value is -1.77. The third-order valence-corrected chi connectivity index (χ3v) is 2.89. The Morgan fingerprint density at radius 2 is 2.59 bits per heavy atom. The number of nitrogens with two attached hydrogens (primary N) is 1. The third-order valence-electron chi connectivity index (χ3n) is 1.91.